The highest BCUT2D eigenvalue weighted by Crippen LogP contribution is 2.26. The Morgan fingerprint density at radius 2 is 1.45 bits per heavy atom. The Morgan fingerprint density at radius 3 is 2.09 bits per heavy atom. The topological polar surface area (TPSA) is 20.3 Å². The Hall–Kier alpha value is -1.93. The molecular formula is C20H23NO. The Kier molecular flexibility index (Phi) is 5.02. The third-order valence-corrected chi connectivity index (χ3v) is 4.40. The van der Waals surface area contributed by atoms with E-state index >= 15 is 0 Å². The van der Waals surface area contributed by atoms with Crippen molar-refractivity contribution in [1.82, 2.24) is 4.90 Å². The van der Waals surface area contributed by atoms with Crippen LogP contribution in [0.3, 0.4) is 0 Å². The normalized spacial score (nSPS) is 17.1. The van der Waals surface area contributed by atoms with Gasteiger partial charge < -0.3 is 0 Å². The molecule has 3 rings (SSSR count). The van der Waals surface area contributed by atoms with Crippen LogP contribution in [0, 0.1) is 0 Å². The minimum absolute atomic E-state index is 0.0956. The monoisotopic (exact) mass is 293 g/mol. The largest absolute Gasteiger partial charge is 0.297 e. The predicted octanol–water partition coefficient (Wildman–Crippen LogP) is 4.03. The van der Waals surface area contributed by atoms with Crippen LogP contribution >= 0.6 is 0 Å². The highest BCUT2D eigenvalue weighted by Gasteiger charge is 2.28. The molecule has 1 aliphatic heterocycles. The van der Waals surface area contributed by atoms with Gasteiger partial charge in [-0.2, -0.15) is 0 Å². The van der Waals surface area contributed by atoms with Gasteiger partial charge in [-0.1, -0.05) is 67.1 Å². The second-order valence-corrected chi connectivity index (χ2v) is 6.04. The zero-order valence-corrected chi connectivity index (χ0v) is 12.9. The molecule has 22 heavy (non-hydrogen) atoms. The van der Waals surface area contributed by atoms with Gasteiger partial charge in [0.2, 0.25) is 0 Å². The Bertz CT molecular complexity index is 588. The van der Waals surface area contributed by atoms with Crippen molar-refractivity contribution in [2.45, 2.75) is 31.7 Å². The first-order valence-electron chi connectivity index (χ1n) is 8.20. The lowest BCUT2D eigenvalue weighted by Gasteiger charge is -2.34. The minimum Gasteiger partial charge on any atom is -0.297 e. The van der Waals surface area contributed by atoms with Crippen LogP contribution in [0.5, 0.6) is 0 Å². The summed E-state index contributed by atoms with van der Waals surface area (Å²) >= 11 is 0. The second-order valence-electron chi connectivity index (χ2n) is 6.04. The molecule has 2 aromatic rings. The molecule has 0 aromatic heterocycles. The second kappa shape index (κ2) is 7.37. The number of Topliss-reactive ketones (excluding diaryl/α,β-unsaturated/α-hetero) is 1. The summed E-state index contributed by atoms with van der Waals surface area (Å²) in [5.41, 5.74) is 2.23. The fourth-order valence-electron chi connectivity index (χ4n) is 3.31. The fourth-order valence-corrected chi connectivity index (χ4v) is 3.31. The van der Waals surface area contributed by atoms with Gasteiger partial charge in [0.1, 0.15) is 0 Å². The minimum atomic E-state index is -0.0956. The first-order valence-corrected chi connectivity index (χ1v) is 8.20. The molecule has 0 spiro atoms. The van der Waals surface area contributed by atoms with Crippen LogP contribution in [-0.4, -0.2) is 23.8 Å². The van der Waals surface area contributed by atoms with Gasteiger partial charge in [-0.25, -0.2) is 0 Å². The molecule has 0 radical (unpaired) electrons. The number of nitrogens with zero attached hydrogens (tertiary/aromatic N) is 1. The number of piperidine rings is 1. The molecule has 0 bridgehead atoms. The van der Waals surface area contributed by atoms with E-state index in [1.807, 2.05) is 48.5 Å². The number of ketones is 1. The van der Waals surface area contributed by atoms with E-state index in [1.165, 1.54) is 19.3 Å². The van der Waals surface area contributed by atoms with Gasteiger partial charge in [-0.3, -0.25) is 9.69 Å². The molecule has 1 atom stereocenters. The standard InChI is InChI=1S/C20H23NO/c22-19(16-17-10-4-1-5-11-17)20(18-12-6-2-7-13-18)21-14-8-3-9-15-21/h1-2,4-7,10-13,20H,3,8-9,14-16H2/t20-/m0/s1. The van der Waals surface area contributed by atoms with Crippen LogP contribution in [0.25, 0.3) is 0 Å². The van der Waals surface area contributed by atoms with Crippen molar-refractivity contribution in [3.05, 3.63) is 71.8 Å². The zero-order chi connectivity index (χ0) is 15.2. The summed E-state index contributed by atoms with van der Waals surface area (Å²) in [6.45, 7) is 2.06. The first-order chi connectivity index (χ1) is 10.8. The molecule has 1 fully saturated rings. The quantitative estimate of drug-likeness (QED) is 0.829. The van der Waals surface area contributed by atoms with Crippen molar-refractivity contribution in [2.24, 2.45) is 0 Å². The van der Waals surface area contributed by atoms with Crippen LogP contribution < -0.4 is 0 Å². The average molecular weight is 293 g/mol. The van der Waals surface area contributed by atoms with Crippen molar-refractivity contribution >= 4 is 5.78 Å². The molecule has 0 saturated carbocycles. The maximum atomic E-state index is 13.0. The summed E-state index contributed by atoms with van der Waals surface area (Å²) in [5, 5.41) is 0. The summed E-state index contributed by atoms with van der Waals surface area (Å²) in [4.78, 5) is 15.3. The van der Waals surface area contributed by atoms with Crippen LogP contribution in [0.2, 0.25) is 0 Å². The van der Waals surface area contributed by atoms with Crippen molar-refractivity contribution in [3.8, 4) is 0 Å². The number of hydrogen-bond acceptors (Lipinski definition) is 2. The van der Waals surface area contributed by atoms with E-state index in [9.17, 15) is 4.79 Å². The maximum Gasteiger partial charge on any atom is 0.158 e. The van der Waals surface area contributed by atoms with Crippen molar-refractivity contribution in [3.63, 3.8) is 0 Å². The fraction of sp³-hybridized carbons (Fsp3) is 0.350. The van der Waals surface area contributed by atoms with Gasteiger partial charge in [0.05, 0.1) is 6.04 Å². The highest BCUT2D eigenvalue weighted by atomic mass is 16.1. The summed E-state index contributed by atoms with van der Waals surface area (Å²) < 4.78 is 0. The molecule has 1 saturated heterocycles. The highest BCUT2D eigenvalue weighted by molar-refractivity contribution is 5.87. The number of benzene rings is 2. The van der Waals surface area contributed by atoms with Crippen molar-refractivity contribution < 1.29 is 4.79 Å². The summed E-state index contributed by atoms with van der Waals surface area (Å²) in [7, 11) is 0. The van der Waals surface area contributed by atoms with Crippen LogP contribution in [0.15, 0.2) is 60.7 Å². The third kappa shape index (κ3) is 3.63. The lowest BCUT2D eigenvalue weighted by atomic mass is 9.94. The first kappa shape index (κ1) is 15.0. The van der Waals surface area contributed by atoms with Gasteiger partial charge >= 0.3 is 0 Å². The number of hydrogen-bond donors (Lipinski definition) is 0. The smallest absolute Gasteiger partial charge is 0.158 e. The number of rotatable bonds is 5. The SMILES string of the molecule is O=C(Cc1ccccc1)[C@H](c1ccccc1)N1CCCCC1. The Morgan fingerprint density at radius 1 is 0.864 bits per heavy atom. The predicted molar refractivity (Wildman–Crippen MR) is 89.8 cm³/mol. The lowest BCUT2D eigenvalue weighted by molar-refractivity contribution is -0.124. The van der Waals surface area contributed by atoms with E-state index in [4.69, 9.17) is 0 Å². The van der Waals surface area contributed by atoms with E-state index in [1.54, 1.807) is 0 Å². The van der Waals surface area contributed by atoms with Gasteiger partial charge in [0.25, 0.3) is 0 Å². The van der Waals surface area contributed by atoms with Gasteiger partial charge in [-0.15, -0.1) is 0 Å². The Balaban J connectivity index is 1.82. The molecule has 114 valence electrons. The van der Waals surface area contributed by atoms with Crippen LogP contribution in [0.1, 0.15) is 36.4 Å². The van der Waals surface area contributed by atoms with E-state index in [2.05, 4.69) is 17.0 Å². The van der Waals surface area contributed by atoms with Gasteiger partial charge in [0, 0.05) is 6.42 Å². The van der Waals surface area contributed by atoms with Gasteiger partial charge in [-0.05, 0) is 37.1 Å². The third-order valence-electron chi connectivity index (χ3n) is 4.40. The van der Waals surface area contributed by atoms with Crippen LogP contribution in [-0.2, 0) is 11.2 Å². The van der Waals surface area contributed by atoms with E-state index < -0.39 is 0 Å². The number of carbonyl (C=O) groups excluding carboxylic acids is 1. The van der Waals surface area contributed by atoms with Crippen molar-refractivity contribution in [2.75, 3.05) is 13.1 Å². The van der Waals surface area contributed by atoms with Crippen LogP contribution in [0.4, 0.5) is 0 Å². The molecular weight excluding hydrogens is 270 g/mol. The Labute approximate surface area is 132 Å². The van der Waals surface area contributed by atoms with E-state index in [0.717, 1.165) is 24.2 Å². The number of likely N-dealkylation sites (tertiary alicyclic amines) is 1. The van der Waals surface area contributed by atoms with E-state index in [-0.39, 0.29) is 6.04 Å². The summed E-state index contributed by atoms with van der Waals surface area (Å²) in [5.74, 6) is 0.305. The summed E-state index contributed by atoms with van der Waals surface area (Å²) in [6.07, 6.45) is 4.19. The zero-order valence-electron chi connectivity index (χ0n) is 12.9. The lowest BCUT2D eigenvalue weighted by Crippen LogP contribution is -2.38. The van der Waals surface area contributed by atoms with E-state index in [0.29, 0.717) is 12.2 Å². The molecule has 0 amide bonds. The molecule has 0 unspecified atom stereocenters. The molecule has 1 aliphatic rings. The molecule has 1 heterocycles. The van der Waals surface area contributed by atoms with Gasteiger partial charge in [0.15, 0.2) is 5.78 Å². The molecule has 2 nitrogen and oxygen atoms in total. The molecule has 0 aliphatic carbocycles. The van der Waals surface area contributed by atoms with Crippen molar-refractivity contribution in [1.29, 1.82) is 0 Å². The average Bonchev–Trinajstić information content (AvgIpc) is 2.58. The number of carbonyl (C=O) groups is 1. The summed E-state index contributed by atoms with van der Waals surface area (Å²) in [6, 6.07) is 20.2. The maximum absolute atomic E-state index is 13.0. The molecule has 2 heteroatoms. The molecule has 2 aromatic carbocycles. The molecule has 0 N–H and O–H groups in total.